The van der Waals surface area contributed by atoms with Gasteiger partial charge in [-0.1, -0.05) is 0 Å². The molecule has 0 spiro atoms. The van der Waals surface area contributed by atoms with Gasteiger partial charge in [0.1, 0.15) is 0 Å². The lowest BCUT2D eigenvalue weighted by molar-refractivity contribution is -0.140. The molecule has 0 fully saturated rings. The topological polar surface area (TPSA) is 67.8 Å². The number of hydrogen-bond acceptors (Lipinski definition) is 5. The smallest absolute Gasteiger partial charge is 0.320 e. The van der Waals surface area contributed by atoms with Gasteiger partial charge >= 0.3 is 6.18 Å². The number of nitrogens with zero attached hydrogens (tertiary/aromatic N) is 3. The first kappa shape index (κ1) is 12.4. The van der Waals surface area contributed by atoms with Gasteiger partial charge in [-0.2, -0.15) is 27.7 Å². The number of halogens is 3. The Balaban J connectivity index is 2.23. The maximum absolute atomic E-state index is 12.5. The minimum Gasteiger partial charge on any atom is -0.320 e. The average Bonchev–Trinajstić information content (AvgIpc) is 2.79. The van der Waals surface area contributed by atoms with Crippen LogP contribution in [-0.4, -0.2) is 20.5 Å². The van der Waals surface area contributed by atoms with E-state index in [4.69, 9.17) is 0 Å². The molecular weight excluding hydrogens is 269 g/mol. The Kier molecular flexibility index (Phi) is 3.24. The summed E-state index contributed by atoms with van der Waals surface area (Å²) in [6, 6.07) is 1.41. The molecule has 2 aromatic heterocycles. The Hall–Kier alpha value is -2.03. The molecule has 18 heavy (non-hydrogen) atoms. The van der Waals surface area contributed by atoms with Crippen molar-refractivity contribution >= 4 is 23.1 Å². The normalized spacial score (nSPS) is 11.3. The van der Waals surface area contributed by atoms with E-state index in [-0.39, 0.29) is 5.69 Å². The molecule has 0 aliphatic heterocycles. The van der Waals surface area contributed by atoms with Crippen molar-refractivity contribution in [3.63, 3.8) is 0 Å². The van der Waals surface area contributed by atoms with Gasteiger partial charge < -0.3 is 5.32 Å². The summed E-state index contributed by atoms with van der Waals surface area (Å²) in [4.78, 5) is 11.7. The van der Waals surface area contributed by atoms with Crippen LogP contribution in [-0.2, 0) is 6.18 Å². The lowest BCUT2D eigenvalue weighted by atomic mass is 10.2. The van der Waals surface area contributed by atoms with E-state index in [2.05, 4.69) is 19.9 Å². The molecule has 9 heteroatoms. The molecule has 0 unspecified atom stereocenters. The first-order valence-electron chi connectivity index (χ1n) is 4.58. The van der Waals surface area contributed by atoms with Crippen molar-refractivity contribution in [3.05, 3.63) is 35.1 Å². The zero-order valence-corrected chi connectivity index (χ0v) is 9.42. The number of nitrogens with one attached hydrogen (secondary N) is 1. The monoisotopic (exact) mass is 274 g/mol. The van der Waals surface area contributed by atoms with Gasteiger partial charge in [-0.3, -0.25) is 4.79 Å². The number of carbonyl (C=O) groups excluding carboxylic acids is 1. The fourth-order valence-electron chi connectivity index (χ4n) is 1.17. The van der Waals surface area contributed by atoms with E-state index in [0.717, 1.165) is 5.38 Å². The van der Waals surface area contributed by atoms with Crippen molar-refractivity contribution in [2.24, 2.45) is 0 Å². The van der Waals surface area contributed by atoms with Crippen LogP contribution in [0.15, 0.2) is 23.8 Å². The molecular formula is C9H5F3N4OS. The Morgan fingerprint density at radius 2 is 2.11 bits per heavy atom. The Morgan fingerprint density at radius 1 is 1.33 bits per heavy atom. The number of alkyl halides is 3. The molecule has 0 bridgehead atoms. The maximum Gasteiger partial charge on any atom is 0.435 e. The highest BCUT2D eigenvalue weighted by Gasteiger charge is 2.38. The van der Waals surface area contributed by atoms with Gasteiger partial charge in [0, 0.05) is 5.38 Å². The van der Waals surface area contributed by atoms with Gasteiger partial charge in [0.15, 0.2) is 5.69 Å². The van der Waals surface area contributed by atoms with Gasteiger partial charge in [0.05, 0.1) is 23.6 Å². The standard InChI is InChI=1S/C9H5F3N4OS/c10-9(11,12)7-6(4-18-16-7)8(17)15-5-1-2-13-14-3-5/h1-4H,(H,13,15,17). The fraction of sp³-hybridized carbons (Fsp3) is 0.111. The summed E-state index contributed by atoms with van der Waals surface area (Å²) in [6.07, 6.45) is -2.11. The first-order chi connectivity index (χ1) is 8.48. The SMILES string of the molecule is O=C(Nc1ccnnc1)c1csnc1C(F)(F)F. The number of carbonyl (C=O) groups is 1. The predicted molar refractivity (Wildman–Crippen MR) is 57.1 cm³/mol. The zero-order chi connectivity index (χ0) is 13.2. The van der Waals surface area contributed by atoms with Gasteiger partial charge in [-0.25, -0.2) is 0 Å². The maximum atomic E-state index is 12.5. The third-order valence-electron chi connectivity index (χ3n) is 1.92. The molecule has 0 radical (unpaired) electrons. The van der Waals surface area contributed by atoms with Crippen LogP contribution in [0.25, 0.3) is 0 Å². The highest BCUT2D eigenvalue weighted by Crippen LogP contribution is 2.32. The van der Waals surface area contributed by atoms with Crippen molar-refractivity contribution in [1.82, 2.24) is 14.6 Å². The summed E-state index contributed by atoms with van der Waals surface area (Å²) in [5.41, 5.74) is -1.44. The molecule has 2 rings (SSSR count). The van der Waals surface area contributed by atoms with E-state index >= 15 is 0 Å². The van der Waals surface area contributed by atoms with Crippen LogP contribution in [0.1, 0.15) is 16.1 Å². The van der Waals surface area contributed by atoms with E-state index in [1.807, 2.05) is 0 Å². The van der Waals surface area contributed by atoms with E-state index in [1.165, 1.54) is 18.5 Å². The van der Waals surface area contributed by atoms with Crippen LogP contribution in [0.2, 0.25) is 0 Å². The summed E-state index contributed by atoms with van der Waals surface area (Å²) in [7, 11) is 0. The summed E-state index contributed by atoms with van der Waals surface area (Å²) >= 11 is 0.573. The largest absolute Gasteiger partial charge is 0.435 e. The van der Waals surface area contributed by atoms with Crippen molar-refractivity contribution in [1.29, 1.82) is 0 Å². The number of aromatic nitrogens is 3. The molecule has 5 nitrogen and oxygen atoms in total. The Labute approximate surface area is 103 Å². The summed E-state index contributed by atoms with van der Waals surface area (Å²) in [5.74, 6) is -0.885. The van der Waals surface area contributed by atoms with E-state index in [1.54, 1.807) is 0 Å². The molecule has 2 aromatic rings. The lowest BCUT2D eigenvalue weighted by Crippen LogP contribution is -2.17. The van der Waals surface area contributed by atoms with Crippen LogP contribution in [0.4, 0.5) is 18.9 Å². The van der Waals surface area contributed by atoms with Crippen molar-refractivity contribution < 1.29 is 18.0 Å². The summed E-state index contributed by atoms with van der Waals surface area (Å²) in [6.45, 7) is 0. The van der Waals surface area contributed by atoms with Crippen LogP contribution >= 0.6 is 11.5 Å². The number of hydrogen-bond donors (Lipinski definition) is 1. The zero-order valence-electron chi connectivity index (χ0n) is 8.60. The van der Waals surface area contributed by atoms with Crippen LogP contribution in [0, 0.1) is 0 Å². The van der Waals surface area contributed by atoms with Crippen molar-refractivity contribution in [3.8, 4) is 0 Å². The lowest BCUT2D eigenvalue weighted by Gasteiger charge is -2.06. The van der Waals surface area contributed by atoms with Crippen LogP contribution < -0.4 is 5.32 Å². The second-order valence-corrected chi connectivity index (χ2v) is 3.79. The molecule has 94 valence electrons. The molecule has 1 N–H and O–H groups in total. The molecule has 1 amide bonds. The summed E-state index contributed by atoms with van der Waals surface area (Å²) in [5, 5.41) is 10.3. The third kappa shape index (κ3) is 2.62. The highest BCUT2D eigenvalue weighted by molar-refractivity contribution is 7.04. The molecule has 0 saturated heterocycles. The van der Waals surface area contributed by atoms with E-state index < -0.39 is 23.3 Å². The van der Waals surface area contributed by atoms with E-state index in [9.17, 15) is 18.0 Å². The van der Waals surface area contributed by atoms with Crippen molar-refractivity contribution in [2.45, 2.75) is 6.18 Å². The molecule has 0 aromatic carbocycles. The van der Waals surface area contributed by atoms with Crippen molar-refractivity contribution in [2.75, 3.05) is 5.32 Å². The molecule has 0 aliphatic rings. The minimum absolute atomic E-state index is 0.259. The fourth-order valence-corrected chi connectivity index (χ4v) is 1.85. The third-order valence-corrected chi connectivity index (χ3v) is 2.55. The Morgan fingerprint density at radius 3 is 2.72 bits per heavy atom. The molecule has 0 atom stereocenters. The molecule has 2 heterocycles. The van der Waals surface area contributed by atoms with Gasteiger partial charge in [-0.15, -0.1) is 0 Å². The van der Waals surface area contributed by atoms with Gasteiger partial charge in [-0.05, 0) is 17.6 Å². The second kappa shape index (κ2) is 4.69. The molecule has 0 aliphatic carbocycles. The minimum atomic E-state index is -4.65. The van der Waals surface area contributed by atoms with Crippen LogP contribution in [0.3, 0.4) is 0 Å². The van der Waals surface area contributed by atoms with E-state index in [0.29, 0.717) is 11.5 Å². The predicted octanol–water partition coefficient (Wildman–Crippen LogP) is 2.20. The quantitative estimate of drug-likeness (QED) is 0.911. The molecule has 0 saturated carbocycles. The average molecular weight is 274 g/mol. The van der Waals surface area contributed by atoms with Crippen LogP contribution in [0.5, 0.6) is 0 Å². The summed E-state index contributed by atoms with van der Waals surface area (Å²) < 4.78 is 40.7. The van der Waals surface area contributed by atoms with Gasteiger partial charge in [0.2, 0.25) is 0 Å². The second-order valence-electron chi connectivity index (χ2n) is 3.16. The number of anilines is 1. The first-order valence-corrected chi connectivity index (χ1v) is 5.42. The Bertz CT molecular complexity index is 554. The highest BCUT2D eigenvalue weighted by atomic mass is 32.1. The number of rotatable bonds is 2. The number of amides is 1. The van der Waals surface area contributed by atoms with Gasteiger partial charge in [0.25, 0.3) is 5.91 Å².